The highest BCUT2D eigenvalue weighted by molar-refractivity contribution is 7.07. The van der Waals surface area contributed by atoms with Gasteiger partial charge in [0, 0.05) is 0 Å². The lowest BCUT2D eigenvalue weighted by Gasteiger charge is -2.40. The molecular formula is C15H22OS. The minimum absolute atomic E-state index is 0.205. The molecule has 1 aromatic rings. The van der Waals surface area contributed by atoms with Crippen LogP contribution >= 0.6 is 11.3 Å². The van der Waals surface area contributed by atoms with Crippen molar-refractivity contribution >= 4 is 11.3 Å². The Balaban J connectivity index is 1.65. The van der Waals surface area contributed by atoms with Crippen LogP contribution in [0.4, 0.5) is 0 Å². The van der Waals surface area contributed by atoms with Crippen LogP contribution in [0.15, 0.2) is 16.8 Å². The van der Waals surface area contributed by atoms with E-state index in [0.29, 0.717) is 5.92 Å². The average molecular weight is 250 g/mol. The van der Waals surface area contributed by atoms with Crippen molar-refractivity contribution in [3.8, 4) is 0 Å². The first kappa shape index (κ1) is 11.7. The molecule has 1 N–H and O–H groups in total. The Morgan fingerprint density at radius 3 is 2.71 bits per heavy atom. The first-order valence-corrected chi connectivity index (χ1v) is 7.99. The zero-order valence-corrected chi connectivity index (χ0v) is 11.2. The van der Waals surface area contributed by atoms with Crippen molar-refractivity contribution in [2.24, 2.45) is 17.8 Å². The molecule has 2 fully saturated rings. The van der Waals surface area contributed by atoms with Gasteiger partial charge in [0.05, 0.1) is 6.10 Å². The Labute approximate surface area is 108 Å². The molecule has 1 heterocycles. The van der Waals surface area contributed by atoms with Crippen molar-refractivity contribution in [3.05, 3.63) is 22.4 Å². The molecular weight excluding hydrogens is 228 g/mol. The van der Waals surface area contributed by atoms with E-state index >= 15 is 0 Å². The predicted molar refractivity (Wildman–Crippen MR) is 72.1 cm³/mol. The van der Waals surface area contributed by atoms with Crippen molar-refractivity contribution in [3.63, 3.8) is 0 Å². The van der Waals surface area contributed by atoms with E-state index in [2.05, 4.69) is 16.8 Å². The number of aliphatic hydroxyl groups excluding tert-OH is 1. The lowest BCUT2D eigenvalue weighted by Crippen LogP contribution is -2.30. The molecule has 0 saturated heterocycles. The summed E-state index contributed by atoms with van der Waals surface area (Å²) in [5.41, 5.74) is 1.15. The van der Waals surface area contributed by atoms with Gasteiger partial charge in [0.1, 0.15) is 0 Å². The molecule has 0 bridgehead atoms. The van der Waals surface area contributed by atoms with E-state index in [4.69, 9.17) is 0 Å². The Morgan fingerprint density at radius 1 is 1.12 bits per heavy atom. The molecule has 0 spiro atoms. The summed E-state index contributed by atoms with van der Waals surface area (Å²) in [5, 5.41) is 14.6. The number of rotatable bonds is 2. The molecule has 4 atom stereocenters. The number of hydrogen-bond acceptors (Lipinski definition) is 2. The van der Waals surface area contributed by atoms with Crippen LogP contribution in [0.1, 0.15) is 56.6 Å². The minimum Gasteiger partial charge on any atom is -0.388 e. The summed E-state index contributed by atoms with van der Waals surface area (Å²) < 4.78 is 0. The Hall–Kier alpha value is -0.340. The topological polar surface area (TPSA) is 20.2 Å². The molecule has 3 rings (SSSR count). The maximum atomic E-state index is 10.4. The number of hydrogen-bond donors (Lipinski definition) is 1. The van der Waals surface area contributed by atoms with Crippen LogP contribution in [0.25, 0.3) is 0 Å². The average Bonchev–Trinajstić information content (AvgIpc) is 2.91. The zero-order chi connectivity index (χ0) is 11.7. The van der Waals surface area contributed by atoms with E-state index in [-0.39, 0.29) is 6.10 Å². The van der Waals surface area contributed by atoms with Gasteiger partial charge in [-0.25, -0.2) is 0 Å². The molecule has 94 valence electrons. The first-order valence-electron chi connectivity index (χ1n) is 7.05. The zero-order valence-electron chi connectivity index (χ0n) is 10.3. The van der Waals surface area contributed by atoms with Crippen LogP contribution < -0.4 is 0 Å². The van der Waals surface area contributed by atoms with E-state index in [1.165, 1.54) is 44.9 Å². The van der Waals surface area contributed by atoms with Crippen molar-refractivity contribution in [2.45, 2.75) is 51.0 Å². The molecule has 0 radical (unpaired) electrons. The molecule has 2 aliphatic rings. The van der Waals surface area contributed by atoms with Crippen molar-refractivity contribution in [1.82, 2.24) is 0 Å². The van der Waals surface area contributed by atoms with E-state index < -0.39 is 0 Å². The second-order valence-electron chi connectivity index (χ2n) is 5.88. The fourth-order valence-corrected chi connectivity index (χ4v) is 4.60. The second-order valence-corrected chi connectivity index (χ2v) is 6.66. The highest BCUT2D eigenvalue weighted by Gasteiger charge is 2.35. The van der Waals surface area contributed by atoms with Crippen LogP contribution in [0, 0.1) is 17.8 Å². The van der Waals surface area contributed by atoms with Gasteiger partial charge in [-0.1, -0.05) is 25.7 Å². The maximum absolute atomic E-state index is 10.4. The van der Waals surface area contributed by atoms with Gasteiger partial charge in [0.25, 0.3) is 0 Å². The van der Waals surface area contributed by atoms with Crippen LogP contribution in [0.2, 0.25) is 0 Å². The van der Waals surface area contributed by atoms with Gasteiger partial charge in [-0.15, -0.1) is 0 Å². The van der Waals surface area contributed by atoms with Gasteiger partial charge < -0.3 is 5.11 Å². The Morgan fingerprint density at radius 2 is 1.94 bits per heavy atom. The summed E-state index contributed by atoms with van der Waals surface area (Å²) >= 11 is 1.69. The quantitative estimate of drug-likeness (QED) is 0.825. The standard InChI is InChI=1S/C15H22OS/c16-15(14-7-8-17-10-14)13-6-5-11-3-1-2-4-12(11)9-13/h7-8,10-13,15-16H,1-6,9H2. The van der Waals surface area contributed by atoms with Gasteiger partial charge in [0.2, 0.25) is 0 Å². The second kappa shape index (κ2) is 5.11. The molecule has 2 saturated carbocycles. The maximum Gasteiger partial charge on any atom is 0.0826 e. The molecule has 1 aromatic heterocycles. The fourth-order valence-electron chi connectivity index (χ4n) is 3.91. The highest BCUT2D eigenvalue weighted by Crippen LogP contribution is 2.46. The third-order valence-corrected chi connectivity index (χ3v) is 5.61. The number of fused-ring (bicyclic) bond motifs is 1. The van der Waals surface area contributed by atoms with Crippen LogP contribution in [-0.2, 0) is 0 Å². The predicted octanol–water partition coefficient (Wildman–Crippen LogP) is 4.39. The number of aliphatic hydroxyl groups is 1. The van der Waals surface area contributed by atoms with Gasteiger partial charge in [-0.3, -0.25) is 0 Å². The molecule has 2 aliphatic carbocycles. The summed E-state index contributed by atoms with van der Waals surface area (Å²) in [6.07, 6.45) is 9.38. The Kier molecular flexibility index (Phi) is 3.53. The van der Waals surface area contributed by atoms with Crippen molar-refractivity contribution in [2.75, 3.05) is 0 Å². The van der Waals surface area contributed by atoms with Crippen LogP contribution in [-0.4, -0.2) is 5.11 Å². The third kappa shape index (κ3) is 2.43. The summed E-state index contributed by atoms with van der Waals surface area (Å²) in [6.45, 7) is 0. The van der Waals surface area contributed by atoms with E-state index in [9.17, 15) is 5.11 Å². The molecule has 0 aromatic carbocycles. The third-order valence-electron chi connectivity index (χ3n) is 4.91. The van der Waals surface area contributed by atoms with Crippen LogP contribution in [0.3, 0.4) is 0 Å². The highest BCUT2D eigenvalue weighted by atomic mass is 32.1. The lowest BCUT2D eigenvalue weighted by molar-refractivity contribution is 0.0351. The van der Waals surface area contributed by atoms with E-state index in [0.717, 1.165) is 17.4 Å². The lowest BCUT2D eigenvalue weighted by atomic mass is 9.66. The fraction of sp³-hybridized carbons (Fsp3) is 0.733. The van der Waals surface area contributed by atoms with Crippen molar-refractivity contribution in [1.29, 1.82) is 0 Å². The normalized spacial score (nSPS) is 35.2. The molecule has 0 aliphatic heterocycles. The first-order chi connectivity index (χ1) is 8.34. The van der Waals surface area contributed by atoms with E-state index in [1.54, 1.807) is 11.3 Å². The molecule has 0 amide bonds. The molecule has 4 unspecified atom stereocenters. The minimum atomic E-state index is -0.205. The largest absolute Gasteiger partial charge is 0.388 e. The summed E-state index contributed by atoms with van der Waals surface area (Å²) in [4.78, 5) is 0. The van der Waals surface area contributed by atoms with Gasteiger partial charge in [-0.05, 0) is 59.4 Å². The van der Waals surface area contributed by atoms with Gasteiger partial charge >= 0.3 is 0 Å². The Bertz CT molecular complexity index is 346. The van der Waals surface area contributed by atoms with Crippen molar-refractivity contribution < 1.29 is 5.11 Å². The monoisotopic (exact) mass is 250 g/mol. The SMILES string of the molecule is OC(c1ccsc1)C1CCC2CCCCC2C1. The molecule has 2 heteroatoms. The summed E-state index contributed by atoms with van der Waals surface area (Å²) in [5.74, 6) is 2.41. The summed E-state index contributed by atoms with van der Waals surface area (Å²) in [7, 11) is 0. The van der Waals surface area contributed by atoms with E-state index in [1.807, 2.05) is 0 Å². The van der Waals surface area contributed by atoms with Gasteiger partial charge in [-0.2, -0.15) is 11.3 Å². The van der Waals surface area contributed by atoms with Gasteiger partial charge in [0.15, 0.2) is 0 Å². The van der Waals surface area contributed by atoms with Crippen LogP contribution in [0.5, 0.6) is 0 Å². The number of thiophene rings is 1. The smallest absolute Gasteiger partial charge is 0.0826 e. The summed E-state index contributed by atoms with van der Waals surface area (Å²) in [6, 6.07) is 2.09. The molecule has 1 nitrogen and oxygen atoms in total. The molecule has 17 heavy (non-hydrogen) atoms.